The zero-order chi connectivity index (χ0) is 17.0. The Kier molecular flexibility index (Phi) is 5.67. The minimum atomic E-state index is -0.445. The van der Waals surface area contributed by atoms with Gasteiger partial charge in [0.1, 0.15) is 11.5 Å². The highest BCUT2D eigenvalue weighted by atomic mass is 35.5. The van der Waals surface area contributed by atoms with Gasteiger partial charge in [-0.1, -0.05) is 37.6 Å². The summed E-state index contributed by atoms with van der Waals surface area (Å²) in [5.41, 5.74) is 2.98. The maximum absolute atomic E-state index is 11.9. The second-order valence-corrected chi connectivity index (χ2v) is 6.24. The van der Waals surface area contributed by atoms with E-state index in [0.29, 0.717) is 22.4 Å². The number of rotatable bonds is 5. The molecule has 0 saturated heterocycles. The van der Waals surface area contributed by atoms with Crippen LogP contribution >= 0.6 is 11.6 Å². The molecule has 0 N–H and O–H groups in total. The maximum Gasteiger partial charge on any atom is 0.349 e. The van der Waals surface area contributed by atoms with Gasteiger partial charge < -0.3 is 9.47 Å². The fourth-order valence-electron chi connectivity index (χ4n) is 2.22. The van der Waals surface area contributed by atoms with Crippen molar-refractivity contribution >= 4 is 17.6 Å². The summed E-state index contributed by atoms with van der Waals surface area (Å²) >= 11 is 6.10. The number of hydrogen-bond acceptors (Lipinski definition) is 3. The fourth-order valence-corrected chi connectivity index (χ4v) is 2.33. The normalized spacial score (nSPS) is 10.7. The molecule has 2 rings (SSSR count). The van der Waals surface area contributed by atoms with Crippen LogP contribution in [0.15, 0.2) is 36.4 Å². The second kappa shape index (κ2) is 7.51. The van der Waals surface area contributed by atoms with Crippen LogP contribution in [-0.2, 0) is 4.79 Å². The largest absolute Gasteiger partial charge is 0.482 e. The van der Waals surface area contributed by atoms with E-state index in [1.54, 1.807) is 12.1 Å². The summed E-state index contributed by atoms with van der Waals surface area (Å²) < 4.78 is 10.8. The molecule has 122 valence electrons. The first-order chi connectivity index (χ1) is 10.9. The van der Waals surface area contributed by atoms with Crippen molar-refractivity contribution in [3.63, 3.8) is 0 Å². The summed E-state index contributed by atoms with van der Waals surface area (Å²) in [5, 5.41) is 0.686. The van der Waals surface area contributed by atoms with Gasteiger partial charge >= 0.3 is 5.97 Å². The van der Waals surface area contributed by atoms with E-state index in [4.69, 9.17) is 21.1 Å². The molecule has 2 aromatic carbocycles. The number of aryl methyl sites for hydroxylation is 2. The molecular weight excluding hydrogens is 312 g/mol. The molecule has 0 radical (unpaired) electrons. The van der Waals surface area contributed by atoms with Gasteiger partial charge in [0, 0.05) is 5.02 Å². The standard InChI is InChI=1S/C19H21ClO3/c1-12(2)15-5-7-16(8-6-15)22-11-18(21)23-17-9-13(3)19(20)14(4)10-17/h5-10,12H,11H2,1-4H3. The zero-order valence-electron chi connectivity index (χ0n) is 13.9. The topological polar surface area (TPSA) is 35.5 Å². The maximum atomic E-state index is 11.9. The molecule has 0 saturated carbocycles. The Balaban J connectivity index is 1.92. The molecule has 0 amide bonds. The van der Waals surface area contributed by atoms with Crippen LogP contribution in [0.4, 0.5) is 0 Å². The molecule has 0 bridgehead atoms. The Morgan fingerprint density at radius 1 is 1.04 bits per heavy atom. The van der Waals surface area contributed by atoms with Crippen LogP contribution in [0.3, 0.4) is 0 Å². The third-order valence-corrected chi connectivity index (χ3v) is 4.14. The Morgan fingerprint density at radius 2 is 1.61 bits per heavy atom. The molecule has 0 aliphatic heterocycles. The van der Waals surface area contributed by atoms with E-state index in [-0.39, 0.29) is 6.61 Å². The van der Waals surface area contributed by atoms with Crippen molar-refractivity contribution in [2.75, 3.05) is 6.61 Å². The molecule has 0 heterocycles. The summed E-state index contributed by atoms with van der Waals surface area (Å²) in [6.07, 6.45) is 0. The molecular formula is C19H21ClO3. The molecule has 3 nitrogen and oxygen atoms in total. The van der Waals surface area contributed by atoms with Gasteiger partial charge in [-0.3, -0.25) is 0 Å². The lowest BCUT2D eigenvalue weighted by atomic mass is 10.0. The molecule has 0 aliphatic rings. The van der Waals surface area contributed by atoms with Crippen LogP contribution < -0.4 is 9.47 Å². The van der Waals surface area contributed by atoms with Crippen LogP contribution in [0.25, 0.3) is 0 Å². The third kappa shape index (κ3) is 4.73. The average molecular weight is 333 g/mol. The minimum Gasteiger partial charge on any atom is -0.482 e. The van der Waals surface area contributed by atoms with E-state index in [1.807, 2.05) is 38.1 Å². The second-order valence-electron chi connectivity index (χ2n) is 5.86. The van der Waals surface area contributed by atoms with Crippen molar-refractivity contribution < 1.29 is 14.3 Å². The molecule has 0 aliphatic carbocycles. The SMILES string of the molecule is Cc1cc(OC(=O)COc2ccc(C(C)C)cc2)cc(C)c1Cl. The summed E-state index contributed by atoms with van der Waals surface area (Å²) in [7, 11) is 0. The van der Waals surface area contributed by atoms with Gasteiger partial charge in [-0.05, 0) is 60.7 Å². The average Bonchev–Trinajstić information content (AvgIpc) is 2.51. The van der Waals surface area contributed by atoms with Gasteiger partial charge in [0.25, 0.3) is 0 Å². The third-order valence-electron chi connectivity index (χ3n) is 3.55. The van der Waals surface area contributed by atoms with E-state index < -0.39 is 5.97 Å². The van der Waals surface area contributed by atoms with Gasteiger partial charge in [-0.2, -0.15) is 0 Å². The first kappa shape index (κ1) is 17.4. The van der Waals surface area contributed by atoms with Gasteiger partial charge in [-0.25, -0.2) is 4.79 Å². The Labute approximate surface area is 142 Å². The van der Waals surface area contributed by atoms with Gasteiger partial charge in [0.2, 0.25) is 0 Å². The monoisotopic (exact) mass is 332 g/mol. The number of halogens is 1. The number of ether oxygens (including phenoxy) is 2. The molecule has 0 aromatic heterocycles. The van der Waals surface area contributed by atoms with Crippen molar-refractivity contribution in [1.82, 2.24) is 0 Å². The highest BCUT2D eigenvalue weighted by molar-refractivity contribution is 6.32. The quantitative estimate of drug-likeness (QED) is 0.566. The number of benzene rings is 2. The molecule has 0 unspecified atom stereocenters. The smallest absolute Gasteiger partial charge is 0.349 e. The van der Waals surface area contributed by atoms with E-state index in [9.17, 15) is 4.79 Å². The van der Waals surface area contributed by atoms with Crippen molar-refractivity contribution in [3.8, 4) is 11.5 Å². The van der Waals surface area contributed by atoms with Crippen LogP contribution in [0, 0.1) is 13.8 Å². The van der Waals surface area contributed by atoms with E-state index in [2.05, 4.69) is 13.8 Å². The highest BCUT2D eigenvalue weighted by Gasteiger charge is 2.09. The van der Waals surface area contributed by atoms with Crippen molar-refractivity contribution in [1.29, 1.82) is 0 Å². The minimum absolute atomic E-state index is 0.137. The Hall–Kier alpha value is -2.00. The van der Waals surface area contributed by atoms with Crippen LogP contribution in [-0.4, -0.2) is 12.6 Å². The van der Waals surface area contributed by atoms with Crippen molar-refractivity contribution in [2.45, 2.75) is 33.6 Å². The number of esters is 1. The highest BCUT2D eigenvalue weighted by Crippen LogP contribution is 2.26. The molecule has 0 atom stereocenters. The van der Waals surface area contributed by atoms with Crippen LogP contribution in [0.5, 0.6) is 11.5 Å². The molecule has 0 spiro atoms. The summed E-state index contributed by atoms with van der Waals surface area (Å²) in [6, 6.07) is 11.2. The zero-order valence-corrected chi connectivity index (χ0v) is 14.6. The lowest BCUT2D eigenvalue weighted by molar-refractivity contribution is -0.136. The van der Waals surface area contributed by atoms with Crippen molar-refractivity contribution in [3.05, 3.63) is 58.1 Å². The lowest BCUT2D eigenvalue weighted by Gasteiger charge is -2.10. The van der Waals surface area contributed by atoms with E-state index in [1.165, 1.54) is 5.56 Å². The van der Waals surface area contributed by atoms with Gasteiger partial charge in [-0.15, -0.1) is 0 Å². The first-order valence-corrected chi connectivity index (χ1v) is 7.95. The lowest BCUT2D eigenvalue weighted by Crippen LogP contribution is -2.17. The molecule has 2 aromatic rings. The van der Waals surface area contributed by atoms with Gasteiger partial charge in [0.05, 0.1) is 0 Å². The van der Waals surface area contributed by atoms with E-state index in [0.717, 1.165) is 11.1 Å². The predicted molar refractivity (Wildman–Crippen MR) is 92.6 cm³/mol. The number of carbonyl (C=O) groups excluding carboxylic acids is 1. The Bertz CT molecular complexity index is 667. The van der Waals surface area contributed by atoms with E-state index >= 15 is 0 Å². The predicted octanol–water partition coefficient (Wildman–Crippen LogP) is 5.06. The van der Waals surface area contributed by atoms with Crippen molar-refractivity contribution in [2.24, 2.45) is 0 Å². The summed E-state index contributed by atoms with van der Waals surface area (Å²) in [6.45, 7) is 7.87. The molecule has 23 heavy (non-hydrogen) atoms. The summed E-state index contributed by atoms with van der Waals surface area (Å²) in [4.78, 5) is 11.9. The molecule has 4 heteroatoms. The number of carbonyl (C=O) groups is 1. The Morgan fingerprint density at radius 3 is 2.13 bits per heavy atom. The van der Waals surface area contributed by atoms with Gasteiger partial charge in [0.15, 0.2) is 6.61 Å². The summed E-state index contributed by atoms with van der Waals surface area (Å²) in [5.74, 6) is 1.15. The molecule has 0 fully saturated rings. The van der Waals surface area contributed by atoms with Crippen LogP contribution in [0.1, 0.15) is 36.5 Å². The first-order valence-electron chi connectivity index (χ1n) is 7.57. The number of hydrogen-bond donors (Lipinski definition) is 0. The van der Waals surface area contributed by atoms with Crippen LogP contribution in [0.2, 0.25) is 5.02 Å². The fraction of sp³-hybridized carbons (Fsp3) is 0.316.